The number of pyridine rings is 1. The van der Waals surface area contributed by atoms with Gasteiger partial charge in [0.25, 0.3) is 5.91 Å². The second-order valence-electron chi connectivity index (χ2n) is 5.01. The lowest BCUT2D eigenvalue weighted by Crippen LogP contribution is -2.25. The largest absolute Gasteiger partial charge is 0.451 e. The Hall–Kier alpha value is -2.62. The average molecular weight is 280 g/mol. The topological polar surface area (TPSA) is 55.1 Å². The van der Waals surface area contributed by atoms with Crippen molar-refractivity contribution in [3.8, 4) is 0 Å². The summed E-state index contributed by atoms with van der Waals surface area (Å²) in [6.07, 6.45) is 4.27. The van der Waals surface area contributed by atoms with Crippen molar-refractivity contribution in [3.05, 3.63) is 65.7 Å². The van der Waals surface area contributed by atoms with Gasteiger partial charge >= 0.3 is 0 Å². The number of aromatic nitrogens is 1. The van der Waals surface area contributed by atoms with Gasteiger partial charge in [-0.15, -0.1) is 0 Å². The van der Waals surface area contributed by atoms with Crippen LogP contribution in [0.15, 0.2) is 53.2 Å². The first kappa shape index (κ1) is 13.4. The first-order valence-electron chi connectivity index (χ1n) is 6.90. The first-order valence-corrected chi connectivity index (χ1v) is 6.90. The Kier molecular flexibility index (Phi) is 3.69. The molecule has 2 aromatic heterocycles. The lowest BCUT2D eigenvalue weighted by molar-refractivity contribution is 0.0928. The third-order valence-electron chi connectivity index (χ3n) is 3.35. The molecule has 2 heterocycles. The van der Waals surface area contributed by atoms with Crippen LogP contribution in [0.4, 0.5) is 0 Å². The third-order valence-corrected chi connectivity index (χ3v) is 3.35. The van der Waals surface area contributed by atoms with Gasteiger partial charge in [-0.25, -0.2) is 0 Å². The number of fused-ring (bicyclic) bond motifs is 1. The molecular formula is C17H16N2O2. The van der Waals surface area contributed by atoms with Crippen LogP contribution in [-0.4, -0.2) is 17.4 Å². The lowest BCUT2D eigenvalue weighted by atomic mass is 10.2. The van der Waals surface area contributed by atoms with Crippen molar-refractivity contribution in [1.82, 2.24) is 10.3 Å². The second-order valence-corrected chi connectivity index (χ2v) is 5.01. The molecule has 0 atom stereocenters. The molecule has 1 aromatic carbocycles. The Morgan fingerprint density at radius 3 is 2.81 bits per heavy atom. The molecule has 21 heavy (non-hydrogen) atoms. The molecule has 4 nitrogen and oxygen atoms in total. The molecule has 1 N–H and O–H groups in total. The van der Waals surface area contributed by atoms with E-state index in [1.807, 2.05) is 37.3 Å². The number of aryl methyl sites for hydroxylation is 1. The quantitative estimate of drug-likeness (QED) is 0.799. The highest BCUT2D eigenvalue weighted by molar-refractivity contribution is 5.96. The van der Waals surface area contributed by atoms with E-state index in [-0.39, 0.29) is 5.91 Å². The average Bonchev–Trinajstić information content (AvgIpc) is 2.91. The zero-order chi connectivity index (χ0) is 14.7. The van der Waals surface area contributed by atoms with Crippen molar-refractivity contribution < 1.29 is 9.21 Å². The zero-order valence-corrected chi connectivity index (χ0v) is 11.8. The highest BCUT2D eigenvalue weighted by Gasteiger charge is 2.11. The smallest absolute Gasteiger partial charge is 0.287 e. The number of nitrogens with one attached hydrogen (secondary N) is 1. The molecule has 0 unspecified atom stereocenters. The molecule has 106 valence electrons. The number of benzene rings is 1. The van der Waals surface area contributed by atoms with E-state index >= 15 is 0 Å². The van der Waals surface area contributed by atoms with Gasteiger partial charge in [-0.05, 0) is 48.7 Å². The molecule has 0 aliphatic rings. The highest BCUT2D eigenvalue weighted by atomic mass is 16.3. The number of carbonyl (C=O) groups is 1. The molecule has 0 radical (unpaired) electrons. The summed E-state index contributed by atoms with van der Waals surface area (Å²) in [6, 6.07) is 11.6. The van der Waals surface area contributed by atoms with Gasteiger partial charge in [-0.3, -0.25) is 9.78 Å². The minimum atomic E-state index is -0.182. The molecule has 0 spiro atoms. The molecule has 3 rings (SSSR count). The van der Waals surface area contributed by atoms with Gasteiger partial charge in [0.1, 0.15) is 5.58 Å². The van der Waals surface area contributed by atoms with Crippen molar-refractivity contribution in [2.45, 2.75) is 13.3 Å². The standard InChI is InChI=1S/C17H16N2O2/c1-12-2-3-14-11-16(21-15(14)10-12)17(20)19-9-6-13-4-7-18-8-5-13/h2-5,7-8,10-11H,6,9H2,1H3,(H,19,20). The van der Waals surface area contributed by atoms with Crippen LogP contribution in [0, 0.1) is 6.92 Å². The zero-order valence-electron chi connectivity index (χ0n) is 11.8. The Bertz CT molecular complexity index is 763. The molecule has 4 heteroatoms. The van der Waals surface area contributed by atoms with E-state index in [4.69, 9.17) is 4.42 Å². The molecule has 0 fully saturated rings. The minimum absolute atomic E-state index is 0.182. The SMILES string of the molecule is Cc1ccc2cc(C(=O)NCCc3ccncc3)oc2c1. The Morgan fingerprint density at radius 1 is 1.19 bits per heavy atom. The molecule has 0 saturated heterocycles. The number of rotatable bonds is 4. The predicted octanol–water partition coefficient (Wildman–Crippen LogP) is 3.11. The van der Waals surface area contributed by atoms with Crippen LogP contribution in [-0.2, 0) is 6.42 Å². The van der Waals surface area contributed by atoms with Crippen LogP contribution in [0.5, 0.6) is 0 Å². The van der Waals surface area contributed by atoms with Crippen molar-refractivity contribution in [2.24, 2.45) is 0 Å². The van der Waals surface area contributed by atoms with E-state index in [9.17, 15) is 4.79 Å². The second kappa shape index (κ2) is 5.79. The van der Waals surface area contributed by atoms with Crippen molar-refractivity contribution in [1.29, 1.82) is 0 Å². The van der Waals surface area contributed by atoms with Gasteiger partial charge in [-0.1, -0.05) is 12.1 Å². The van der Waals surface area contributed by atoms with Gasteiger partial charge in [0.05, 0.1) is 0 Å². The van der Waals surface area contributed by atoms with Crippen LogP contribution < -0.4 is 5.32 Å². The summed E-state index contributed by atoms with van der Waals surface area (Å²) >= 11 is 0. The molecule has 0 aliphatic carbocycles. The minimum Gasteiger partial charge on any atom is -0.451 e. The first-order chi connectivity index (χ1) is 10.2. The number of hydrogen-bond donors (Lipinski definition) is 1. The van der Waals surface area contributed by atoms with Gasteiger partial charge in [-0.2, -0.15) is 0 Å². The van der Waals surface area contributed by atoms with Crippen LogP contribution in [0.3, 0.4) is 0 Å². The van der Waals surface area contributed by atoms with E-state index in [0.29, 0.717) is 12.3 Å². The van der Waals surface area contributed by atoms with Crippen LogP contribution in [0.1, 0.15) is 21.7 Å². The van der Waals surface area contributed by atoms with Gasteiger partial charge in [0.2, 0.25) is 0 Å². The summed E-state index contributed by atoms with van der Waals surface area (Å²) in [5, 5.41) is 3.81. The number of furan rings is 1. The van der Waals surface area contributed by atoms with E-state index in [1.54, 1.807) is 18.5 Å². The maximum atomic E-state index is 12.1. The fourth-order valence-electron chi connectivity index (χ4n) is 2.21. The van der Waals surface area contributed by atoms with E-state index in [2.05, 4.69) is 10.3 Å². The number of hydrogen-bond acceptors (Lipinski definition) is 3. The summed E-state index contributed by atoms with van der Waals surface area (Å²) in [4.78, 5) is 16.0. The summed E-state index contributed by atoms with van der Waals surface area (Å²) < 4.78 is 5.59. The molecule has 0 aliphatic heterocycles. The number of nitrogens with zero attached hydrogens (tertiary/aromatic N) is 1. The summed E-state index contributed by atoms with van der Waals surface area (Å²) in [7, 11) is 0. The monoisotopic (exact) mass is 280 g/mol. The van der Waals surface area contributed by atoms with Crippen LogP contribution in [0.25, 0.3) is 11.0 Å². The third kappa shape index (κ3) is 3.11. The van der Waals surface area contributed by atoms with Gasteiger partial charge in [0.15, 0.2) is 5.76 Å². The van der Waals surface area contributed by atoms with Crippen molar-refractivity contribution in [2.75, 3.05) is 6.54 Å². The molecule has 1 amide bonds. The summed E-state index contributed by atoms with van der Waals surface area (Å²) in [5.41, 5.74) is 3.00. The van der Waals surface area contributed by atoms with E-state index in [0.717, 1.165) is 28.5 Å². The van der Waals surface area contributed by atoms with Gasteiger partial charge < -0.3 is 9.73 Å². The predicted molar refractivity (Wildman–Crippen MR) is 81.2 cm³/mol. The Balaban J connectivity index is 1.64. The Labute approximate surface area is 122 Å². The van der Waals surface area contributed by atoms with Crippen molar-refractivity contribution >= 4 is 16.9 Å². The van der Waals surface area contributed by atoms with Gasteiger partial charge in [0, 0.05) is 24.3 Å². The fourth-order valence-corrected chi connectivity index (χ4v) is 2.21. The number of amides is 1. The van der Waals surface area contributed by atoms with E-state index < -0.39 is 0 Å². The molecule has 0 saturated carbocycles. The maximum Gasteiger partial charge on any atom is 0.287 e. The van der Waals surface area contributed by atoms with E-state index in [1.165, 1.54) is 0 Å². The molecule has 0 bridgehead atoms. The highest BCUT2D eigenvalue weighted by Crippen LogP contribution is 2.20. The van der Waals surface area contributed by atoms with Crippen LogP contribution >= 0.6 is 0 Å². The maximum absolute atomic E-state index is 12.1. The fraction of sp³-hybridized carbons (Fsp3) is 0.176. The molecular weight excluding hydrogens is 264 g/mol. The van der Waals surface area contributed by atoms with Crippen molar-refractivity contribution in [3.63, 3.8) is 0 Å². The summed E-state index contributed by atoms with van der Waals surface area (Å²) in [5.74, 6) is 0.170. The Morgan fingerprint density at radius 2 is 2.00 bits per heavy atom. The lowest BCUT2D eigenvalue weighted by Gasteiger charge is -2.02. The summed E-state index contributed by atoms with van der Waals surface area (Å²) in [6.45, 7) is 2.56. The molecule has 3 aromatic rings. The normalized spacial score (nSPS) is 10.7. The number of carbonyl (C=O) groups excluding carboxylic acids is 1. The van der Waals surface area contributed by atoms with Crippen LogP contribution in [0.2, 0.25) is 0 Å².